The smallest absolute Gasteiger partial charge is 0.407 e. The number of likely N-dealkylation sites (tertiary alicyclic amines) is 1. The molecule has 0 atom stereocenters. The first-order chi connectivity index (χ1) is 11.7. The van der Waals surface area contributed by atoms with Gasteiger partial charge in [0.2, 0.25) is 0 Å². The number of ether oxygens (including phenoxy) is 1. The van der Waals surface area contributed by atoms with Crippen LogP contribution in [0.3, 0.4) is 0 Å². The minimum Gasteiger partial charge on any atom is -0.448 e. The molecular formula is C19H30N3O2Y-. The predicted molar refractivity (Wildman–Crippen MR) is 96.7 cm³/mol. The molecule has 1 N–H and O–H groups in total. The van der Waals surface area contributed by atoms with Crippen LogP contribution in [0.4, 0.5) is 4.79 Å². The van der Waals surface area contributed by atoms with Crippen molar-refractivity contribution >= 4 is 6.09 Å². The summed E-state index contributed by atoms with van der Waals surface area (Å²) < 4.78 is 5.18. The van der Waals surface area contributed by atoms with E-state index in [9.17, 15) is 4.79 Å². The van der Waals surface area contributed by atoms with Crippen LogP contribution in [-0.4, -0.2) is 61.8 Å². The zero-order valence-electron chi connectivity index (χ0n) is 15.3. The number of nitrogens with zero attached hydrogens (tertiary/aromatic N) is 2. The Bertz CT molecular complexity index is 479. The SMILES string of the molecule is [CH2-]CCNC(=O)OCCN(C)C1CCN(Cc2ccccc2)CC1.[Y]. The van der Waals surface area contributed by atoms with Gasteiger partial charge in [0.05, 0.1) is 0 Å². The summed E-state index contributed by atoms with van der Waals surface area (Å²) in [7, 11) is 2.12. The van der Waals surface area contributed by atoms with Crippen molar-refractivity contribution in [2.24, 2.45) is 0 Å². The van der Waals surface area contributed by atoms with Crippen LogP contribution in [0.1, 0.15) is 24.8 Å². The first kappa shape index (κ1) is 22.6. The first-order valence-electron chi connectivity index (χ1n) is 8.85. The summed E-state index contributed by atoms with van der Waals surface area (Å²) in [5, 5.41) is 2.67. The summed E-state index contributed by atoms with van der Waals surface area (Å²) in [5.74, 6) is 0. The van der Waals surface area contributed by atoms with Crippen LogP contribution < -0.4 is 5.32 Å². The number of likely N-dealkylation sites (N-methyl/N-ethyl adjacent to an activating group) is 1. The molecule has 1 fully saturated rings. The van der Waals surface area contributed by atoms with Gasteiger partial charge in [-0.15, -0.1) is 0 Å². The molecule has 2 rings (SSSR count). The van der Waals surface area contributed by atoms with Crippen molar-refractivity contribution in [3.8, 4) is 0 Å². The Morgan fingerprint density at radius 3 is 2.64 bits per heavy atom. The van der Waals surface area contributed by atoms with Crippen molar-refractivity contribution in [1.82, 2.24) is 15.1 Å². The normalized spacial score (nSPS) is 15.6. The van der Waals surface area contributed by atoms with E-state index in [0.29, 0.717) is 25.6 Å². The number of amides is 1. The summed E-state index contributed by atoms with van der Waals surface area (Å²) in [6, 6.07) is 11.2. The van der Waals surface area contributed by atoms with Gasteiger partial charge in [-0.2, -0.15) is 6.42 Å². The molecule has 5 nitrogen and oxygen atoms in total. The summed E-state index contributed by atoms with van der Waals surface area (Å²) in [6.45, 7) is 8.73. The zero-order chi connectivity index (χ0) is 17.2. The van der Waals surface area contributed by atoms with Crippen molar-refractivity contribution in [3.05, 3.63) is 42.8 Å². The van der Waals surface area contributed by atoms with Crippen LogP contribution in [0.25, 0.3) is 0 Å². The molecule has 0 saturated carbocycles. The summed E-state index contributed by atoms with van der Waals surface area (Å²) in [4.78, 5) is 16.2. The topological polar surface area (TPSA) is 44.8 Å². The molecule has 6 heteroatoms. The van der Waals surface area contributed by atoms with Crippen molar-refractivity contribution < 1.29 is 42.2 Å². The van der Waals surface area contributed by atoms with Gasteiger partial charge in [-0.25, -0.2) is 4.79 Å². The predicted octanol–water partition coefficient (Wildman–Crippen LogP) is 2.53. The first-order valence-corrected chi connectivity index (χ1v) is 8.85. The molecule has 1 radical (unpaired) electrons. The van der Waals surface area contributed by atoms with E-state index in [0.717, 1.165) is 39.0 Å². The Kier molecular flexibility index (Phi) is 11.5. The number of carbonyl (C=O) groups is 1. The number of hydrogen-bond donors (Lipinski definition) is 1. The molecule has 0 aromatic heterocycles. The molecule has 0 spiro atoms. The fraction of sp³-hybridized carbons (Fsp3) is 0.579. The number of piperidine rings is 1. The molecular weight excluding hydrogens is 391 g/mol. The van der Waals surface area contributed by atoms with E-state index in [2.05, 4.69) is 59.4 Å². The molecule has 0 unspecified atom stereocenters. The standard InChI is InChI=1S/C19H30N3O2.Y/c1-3-11-20-19(23)24-15-14-21(2)18-9-12-22(13-10-18)16-17-7-5-4-6-8-17;/h4-8,18H,1,3,9-16H2,2H3,(H,20,23);/q-1;. The van der Waals surface area contributed by atoms with E-state index >= 15 is 0 Å². The summed E-state index contributed by atoms with van der Waals surface area (Å²) in [5.41, 5.74) is 1.38. The Hall–Kier alpha value is -0.486. The van der Waals surface area contributed by atoms with Gasteiger partial charge in [0.25, 0.3) is 0 Å². The molecule has 1 aromatic carbocycles. The Balaban J connectivity index is 0.00000312. The Labute approximate surface area is 177 Å². The van der Waals surface area contributed by atoms with Crippen molar-refractivity contribution in [2.45, 2.75) is 31.8 Å². The minimum atomic E-state index is -0.343. The van der Waals surface area contributed by atoms with Crippen LogP contribution in [0.5, 0.6) is 0 Å². The second-order valence-corrected chi connectivity index (χ2v) is 6.39. The molecule has 0 aliphatic carbocycles. The molecule has 1 heterocycles. The third kappa shape index (κ3) is 8.63. The van der Waals surface area contributed by atoms with Gasteiger partial charge in [-0.3, -0.25) is 9.80 Å². The maximum atomic E-state index is 11.4. The van der Waals surface area contributed by atoms with Gasteiger partial charge < -0.3 is 17.0 Å². The second-order valence-electron chi connectivity index (χ2n) is 6.39. The molecule has 25 heavy (non-hydrogen) atoms. The molecule has 1 aromatic rings. The van der Waals surface area contributed by atoms with Gasteiger partial charge in [-0.1, -0.05) is 30.3 Å². The minimum absolute atomic E-state index is 0. The van der Waals surface area contributed by atoms with Crippen LogP contribution in [-0.2, 0) is 44.0 Å². The fourth-order valence-corrected chi connectivity index (χ4v) is 3.07. The maximum absolute atomic E-state index is 11.4. The Morgan fingerprint density at radius 2 is 2.00 bits per heavy atom. The van der Waals surface area contributed by atoms with E-state index in [1.807, 2.05) is 0 Å². The number of nitrogens with one attached hydrogen (secondary N) is 1. The van der Waals surface area contributed by atoms with Gasteiger partial charge >= 0.3 is 6.09 Å². The third-order valence-corrected chi connectivity index (χ3v) is 4.55. The van der Waals surface area contributed by atoms with Crippen molar-refractivity contribution in [1.29, 1.82) is 0 Å². The molecule has 137 valence electrons. The number of benzene rings is 1. The van der Waals surface area contributed by atoms with E-state index in [4.69, 9.17) is 4.74 Å². The maximum Gasteiger partial charge on any atom is 0.407 e. The van der Waals surface area contributed by atoms with Crippen molar-refractivity contribution in [2.75, 3.05) is 39.8 Å². The molecule has 0 bridgehead atoms. The van der Waals surface area contributed by atoms with E-state index in [1.165, 1.54) is 5.56 Å². The van der Waals surface area contributed by atoms with E-state index in [-0.39, 0.29) is 38.8 Å². The second kappa shape index (κ2) is 12.8. The van der Waals surface area contributed by atoms with E-state index in [1.54, 1.807) is 0 Å². The van der Waals surface area contributed by atoms with Crippen LogP contribution in [0, 0.1) is 6.92 Å². The van der Waals surface area contributed by atoms with Gasteiger partial charge in [0.15, 0.2) is 0 Å². The largest absolute Gasteiger partial charge is 0.448 e. The van der Waals surface area contributed by atoms with Gasteiger partial charge in [0.1, 0.15) is 6.61 Å². The number of alkyl carbamates (subject to hydrolysis) is 1. The summed E-state index contributed by atoms with van der Waals surface area (Å²) in [6.07, 6.45) is 2.66. The quantitative estimate of drug-likeness (QED) is 0.656. The fourth-order valence-electron chi connectivity index (χ4n) is 3.07. The molecule has 1 amide bonds. The Morgan fingerprint density at radius 1 is 1.32 bits per heavy atom. The average molecular weight is 421 g/mol. The molecule has 1 aliphatic heterocycles. The van der Waals surface area contributed by atoms with Crippen molar-refractivity contribution in [3.63, 3.8) is 0 Å². The zero-order valence-corrected chi connectivity index (χ0v) is 18.2. The molecule has 1 saturated heterocycles. The monoisotopic (exact) mass is 421 g/mol. The molecule has 1 aliphatic rings. The van der Waals surface area contributed by atoms with E-state index < -0.39 is 0 Å². The summed E-state index contributed by atoms with van der Waals surface area (Å²) >= 11 is 0. The third-order valence-electron chi connectivity index (χ3n) is 4.55. The van der Waals surface area contributed by atoms with Crippen LogP contribution in [0.15, 0.2) is 30.3 Å². The van der Waals surface area contributed by atoms with Crippen LogP contribution >= 0.6 is 0 Å². The average Bonchev–Trinajstić information content (AvgIpc) is 2.61. The number of carbonyl (C=O) groups excluding carboxylic acids is 1. The van der Waals surface area contributed by atoms with Gasteiger partial charge in [0, 0.05) is 51.8 Å². The van der Waals surface area contributed by atoms with Crippen LogP contribution in [0.2, 0.25) is 0 Å². The number of rotatable bonds is 8. The van der Waals surface area contributed by atoms with Gasteiger partial charge in [-0.05, 0) is 45.1 Å². The number of hydrogen-bond acceptors (Lipinski definition) is 4.